The van der Waals surface area contributed by atoms with Gasteiger partial charge in [-0.1, -0.05) is 32.9 Å². The fraction of sp³-hybridized carbons (Fsp3) is 0.667. The van der Waals surface area contributed by atoms with Gasteiger partial charge in [-0.15, -0.1) is 0 Å². The number of hydrogen-bond acceptors (Lipinski definition) is 5. The molecule has 0 aromatic carbocycles. The van der Waals surface area contributed by atoms with E-state index >= 15 is 0 Å². The molecule has 2 aliphatic rings. The minimum atomic E-state index is -0.0679. The number of amides is 1. The van der Waals surface area contributed by atoms with Crippen molar-refractivity contribution >= 4 is 5.91 Å². The van der Waals surface area contributed by atoms with Crippen LogP contribution in [0.25, 0.3) is 0 Å². The molecule has 0 aliphatic carbocycles. The number of rotatable bonds is 4. The minimum absolute atomic E-state index is 0.0287. The lowest BCUT2D eigenvalue weighted by Gasteiger charge is -2.51. The van der Waals surface area contributed by atoms with Gasteiger partial charge < -0.3 is 14.4 Å². The second kappa shape index (κ2) is 7.35. The van der Waals surface area contributed by atoms with Crippen LogP contribution in [-0.4, -0.2) is 57.0 Å². The Labute approximate surface area is 166 Å². The summed E-state index contributed by atoms with van der Waals surface area (Å²) in [6.45, 7) is 12.1. The first-order valence-electron chi connectivity index (χ1n) is 10.4. The zero-order chi connectivity index (χ0) is 19.9. The molecule has 0 saturated carbocycles. The molecule has 152 valence electrons. The Kier molecular flexibility index (Phi) is 5.04. The van der Waals surface area contributed by atoms with Gasteiger partial charge in [-0.3, -0.25) is 9.69 Å². The Hall–Kier alpha value is -2.15. The first-order chi connectivity index (χ1) is 13.4. The fourth-order valence-electron chi connectivity index (χ4n) is 4.69. The molecule has 7 nitrogen and oxygen atoms in total. The van der Waals surface area contributed by atoms with Crippen LogP contribution >= 0.6 is 0 Å². The molecule has 28 heavy (non-hydrogen) atoms. The molecule has 1 saturated heterocycles. The van der Waals surface area contributed by atoms with Crippen molar-refractivity contribution < 1.29 is 9.32 Å². The highest BCUT2D eigenvalue weighted by molar-refractivity contribution is 5.92. The molecule has 4 rings (SSSR count). The molecule has 4 heterocycles. The quantitative estimate of drug-likeness (QED) is 0.875. The average Bonchev–Trinajstić information content (AvgIpc) is 3.34. The van der Waals surface area contributed by atoms with E-state index in [1.807, 2.05) is 25.1 Å². The lowest BCUT2D eigenvalue weighted by molar-refractivity contribution is 0.000360. The van der Waals surface area contributed by atoms with Gasteiger partial charge in [0.15, 0.2) is 5.69 Å². The lowest BCUT2D eigenvalue weighted by atomic mass is 9.78. The van der Waals surface area contributed by atoms with Crippen molar-refractivity contribution in [2.24, 2.45) is 5.92 Å². The molecule has 0 radical (unpaired) electrons. The van der Waals surface area contributed by atoms with E-state index in [4.69, 9.17) is 9.51 Å². The summed E-state index contributed by atoms with van der Waals surface area (Å²) in [5, 5.41) is 4.00. The SMILES string of the molecule is CC(C)CN1CCc2[nH]cnc2C12CCN(C(=O)c1cc(C(C)C)on1)CC2. The summed E-state index contributed by atoms with van der Waals surface area (Å²) in [5.41, 5.74) is 2.80. The van der Waals surface area contributed by atoms with Gasteiger partial charge in [-0.05, 0) is 18.8 Å². The molecule has 0 bridgehead atoms. The first kappa shape index (κ1) is 19.2. The maximum atomic E-state index is 12.9. The summed E-state index contributed by atoms with van der Waals surface area (Å²) in [7, 11) is 0. The predicted octanol–water partition coefficient (Wildman–Crippen LogP) is 3.17. The summed E-state index contributed by atoms with van der Waals surface area (Å²) in [4.78, 5) is 25.5. The number of piperidine rings is 1. The molecule has 2 aromatic rings. The molecule has 0 atom stereocenters. The van der Waals surface area contributed by atoms with E-state index in [0.717, 1.165) is 38.1 Å². The standard InChI is InChI=1S/C21H31N5O2/c1-14(2)12-26-8-5-16-19(23-13-22-16)21(26)6-9-25(10-7-21)20(27)17-11-18(15(3)4)28-24-17/h11,13-15H,5-10,12H2,1-4H3,(H,22,23). The number of carbonyl (C=O) groups is 1. The third kappa shape index (κ3) is 3.26. The number of aromatic nitrogens is 3. The number of nitrogens with one attached hydrogen (secondary N) is 1. The highest BCUT2D eigenvalue weighted by Crippen LogP contribution is 2.42. The first-order valence-corrected chi connectivity index (χ1v) is 10.4. The van der Waals surface area contributed by atoms with E-state index in [0.29, 0.717) is 24.7 Å². The molecule has 1 fully saturated rings. The van der Waals surface area contributed by atoms with Gasteiger partial charge >= 0.3 is 0 Å². The highest BCUT2D eigenvalue weighted by Gasteiger charge is 2.47. The maximum Gasteiger partial charge on any atom is 0.276 e. The van der Waals surface area contributed by atoms with Crippen molar-refractivity contribution in [3.8, 4) is 0 Å². The highest BCUT2D eigenvalue weighted by atomic mass is 16.5. The third-order valence-electron chi connectivity index (χ3n) is 6.18. The summed E-state index contributed by atoms with van der Waals surface area (Å²) >= 11 is 0. The molecule has 7 heteroatoms. The van der Waals surface area contributed by atoms with Crippen LogP contribution in [0.15, 0.2) is 16.9 Å². The van der Waals surface area contributed by atoms with Gasteiger partial charge in [0, 0.05) is 50.3 Å². The molecule has 0 unspecified atom stereocenters. The van der Waals surface area contributed by atoms with Crippen molar-refractivity contribution in [1.82, 2.24) is 24.9 Å². The second-order valence-corrected chi connectivity index (χ2v) is 8.91. The van der Waals surface area contributed by atoms with Crippen LogP contribution in [0.5, 0.6) is 0 Å². The third-order valence-corrected chi connectivity index (χ3v) is 6.18. The second-order valence-electron chi connectivity index (χ2n) is 8.91. The number of imidazole rings is 1. The molecule has 2 aromatic heterocycles. The summed E-state index contributed by atoms with van der Waals surface area (Å²) in [6.07, 6.45) is 4.64. The zero-order valence-corrected chi connectivity index (χ0v) is 17.4. The van der Waals surface area contributed by atoms with E-state index < -0.39 is 0 Å². The van der Waals surface area contributed by atoms with Crippen LogP contribution in [0.1, 0.15) is 74.1 Å². The topological polar surface area (TPSA) is 78.3 Å². The number of hydrogen-bond donors (Lipinski definition) is 1. The van der Waals surface area contributed by atoms with Crippen LogP contribution in [0.2, 0.25) is 0 Å². The Bertz CT molecular complexity index is 829. The van der Waals surface area contributed by atoms with Crippen molar-refractivity contribution in [2.75, 3.05) is 26.2 Å². The maximum absolute atomic E-state index is 12.9. The minimum Gasteiger partial charge on any atom is -0.360 e. The molecule has 2 aliphatic heterocycles. The number of likely N-dealkylation sites (tertiary alicyclic amines) is 1. The van der Waals surface area contributed by atoms with E-state index in [2.05, 4.69) is 28.9 Å². The molecule has 1 spiro atoms. The summed E-state index contributed by atoms with van der Waals surface area (Å²) < 4.78 is 5.32. The van der Waals surface area contributed by atoms with Gasteiger partial charge in [0.25, 0.3) is 5.91 Å². The number of fused-ring (bicyclic) bond motifs is 2. The van der Waals surface area contributed by atoms with E-state index in [1.54, 1.807) is 6.07 Å². The summed E-state index contributed by atoms with van der Waals surface area (Å²) in [5.74, 6) is 1.55. The van der Waals surface area contributed by atoms with Gasteiger partial charge in [-0.2, -0.15) is 0 Å². The average molecular weight is 386 g/mol. The van der Waals surface area contributed by atoms with Gasteiger partial charge in [-0.25, -0.2) is 4.98 Å². The van der Waals surface area contributed by atoms with Crippen LogP contribution in [0.3, 0.4) is 0 Å². The Morgan fingerprint density at radius 1 is 1.25 bits per heavy atom. The van der Waals surface area contributed by atoms with E-state index in [-0.39, 0.29) is 17.4 Å². The molecule has 1 amide bonds. The van der Waals surface area contributed by atoms with Crippen LogP contribution < -0.4 is 0 Å². The number of aromatic amines is 1. The van der Waals surface area contributed by atoms with Crippen LogP contribution in [0.4, 0.5) is 0 Å². The number of carbonyl (C=O) groups excluding carboxylic acids is 1. The Morgan fingerprint density at radius 2 is 2.00 bits per heavy atom. The predicted molar refractivity (Wildman–Crippen MR) is 106 cm³/mol. The molecule has 1 N–H and O–H groups in total. The van der Waals surface area contributed by atoms with E-state index in [9.17, 15) is 4.79 Å². The van der Waals surface area contributed by atoms with Gasteiger partial charge in [0.1, 0.15) is 5.76 Å². The molecular formula is C21H31N5O2. The van der Waals surface area contributed by atoms with Crippen molar-refractivity contribution in [2.45, 2.75) is 58.4 Å². The largest absolute Gasteiger partial charge is 0.360 e. The normalized spacial score (nSPS) is 19.6. The molecular weight excluding hydrogens is 354 g/mol. The summed E-state index contributed by atoms with van der Waals surface area (Å²) in [6, 6.07) is 1.79. The van der Waals surface area contributed by atoms with Gasteiger partial charge in [0.2, 0.25) is 0 Å². The Morgan fingerprint density at radius 3 is 2.64 bits per heavy atom. The van der Waals surface area contributed by atoms with Gasteiger partial charge in [0.05, 0.1) is 17.6 Å². The van der Waals surface area contributed by atoms with Crippen molar-refractivity contribution in [3.63, 3.8) is 0 Å². The van der Waals surface area contributed by atoms with E-state index in [1.165, 1.54) is 11.4 Å². The zero-order valence-electron chi connectivity index (χ0n) is 17.4. The van der Waals surface area contributed by atoms with Crippen molar-refractivity contribution in [1.29, 1.82) is 0 Å². The lowest BCUT2D eigenvalue weighted by Crippen LogP contribution is -2.57. The number of nitrogens with zero attached hydrogens (tertiary/aromatic N) is 4. The van der Waals surface area contributed by atoms with Crippen LogP contribution in [0, 0.1) is 5.92 Å². The van der Waals surface area contributed by atoms with Crippen molar-refractivity contribution in [3.05, 3.63) is 35.2 Å². The monoisotopic (exact) mass is 385 g/mol. The smallest absolute Gasteiger partial charge is 0.276 e. The number of H-pyrrole nitrogens is 1. The fourth-order valence-corrected chi connectivity index (χ4v) is 4.69. The van der Waals surface area contributed by atoms with Crippen LogP contribution in [-0.2, 0) is 12.0 Å². The Balaban J connectivity index is 1.53.